The Morgan fingerprint density at radius 3 is 3.00 bits per heavy atom. The molecule has 0 saturated heterocycles. The van der Waals surface area contributed by atoms with Crippen molar-refractivity contribution in [2.24, 2.45) is 0 Å². The van der Waals surface area contributed by atoms with Crippen LogP contribution < -0.4 is 0 Å². The van der Waals surface area contributed by atoms with Crippen molar-refractivity contribution in [3.63, 3.8) is 0 Å². The van der Waals surface area contributed by atoms with E-state index < -0.39 is 0 Å². The maximum absolute atomic E-state index is 11.6. The zero-order valence-corrected chi connectivity index (χ0v) is 7.90. The third kappa shape index (κ3) is 1.48. The first kappa shape index (κ1) is 9.15. The number of imidazole rings is 1. The minimum Gasteiger partial charge on any atom is -0.326 e. The fraction of sp³-hybridized carbons (Fsp3) is 0.300. The van der Waals surface area contributed by atoms with Crippen LogP contribution in [-0.4, -0.2) is 16.2 Å². The third-order valence-electron chi connectivity index (χ3n) is 2.24. The van der Waals surface area contributed by atoms with Gasteiger partial charge in [0.1, 0.15) is 12.4 Å². The van der Waals surface area contributed by atoms with Crippen LogP contribution in [0.15, 0.2) is 24.3 Å². The molecule has 4 heteroatoms. The van der Waals surface area contributed by atoms with Crippen molar-refractivity contribution < 1.29 is 9.47 Å². The maximum Gasteiger partial charge on any atom is 0.106 e. The van der Waals surface area contributed by atoms with E-state index in [-0.39, 0.29) is 6.61 Å². The summed E-state index contributed by atoms with van der Waals surface area (Å²) in [6.07, 6.45) is 0. The van der Waals surface area contributed by atoms with E-state index in [0.29, 0.717) is 6.54 Å². The van der Waals surface area contributed by atoms with Gasteiger partial charge in [-0.1, -0.05) is 12.1 Å². The lowest BCUT2D eigenvalue weighted by molar-refractivity contribution is -0.134. The largest absolute Gasteiger partial charge is 0.326 e. The molecular formula is C10H11FN2O. The van der Waals surface area contributed by atoms with Crippen LogP contribution >= 0.6 is 0 Å². The van der Waals surface area contributed by atoms with Crippen molar-refractivity contribution in [1.29, 1.82) is 0 Å². The molecule has 2 rings (SSSR count). The molecule has 1 aromatic carbocycles. The molecule has 14 heavy (non-hydrogen) atoms. The van der Waals surface area contributed by atoms with E-state index in [0.717, 1.165) is 16.9 Å². The fourth-order valence-corrected chi connectivity index (χ4v) is 1.60. The molecule has 1 heterocycles. The topological polar surface area (TPSA) is 27.1 Å². The molecule has 0 amide bonds. The van der Waals surface area contributed by atoms with Crippen LogP contribution in [0, 0.1) is 6.92 Å². The van der Waals surface area contributed by atoms with Gasteiger partial charge < -0.3 is 4.57 Å². The molecule has 0 fully saturated rings. The van der Waals surface area contributed by atoms with Gasteiger partial charge in [0, 0.05) is 0 Å². The first-order valence-corrected chi connectivity index (χ1v) is 4.48. The molecule has 0 bridgehead atoms. The summed E-state index contributed by atoms with van der Waals surface area (Å²) in [4.78, 5) is 7.92. The lowest BCUT2D eigenvalue weighted by atomic mass is 10.3. The smallest absolute Gasteiger partial charge is 0.106 e. The number of fused-ring (bicyclic) bond motifs is 1. The van der Waals surface area contributed by atoms with Crippen molar-refractivity contribution in [2.45, 2.75) is 13.5 Å². The number of aryl methyl sites for hydroxylation is 1. The SMILES string of the molecule is Cc1nc2ccccc2n1CCOF. The summed E-state index contributed by atoms with van der Waals surface area (Å²) in [5.74, 6) is 0.878. The maximum atomic E-state index is 11.6. The summed E-state index contributed by atoms with van der Waals surface area (Å²) in [5.41, 5.74) is 1.95. The number of hydrogen-bond acceptors (Lipinski definition) is 2. The molecule has 74 valence electrons. The second-order valence-corrected chi connectivity index (χ2v) is 3.11. The van der Waals surface area contributed by atoms with Gasteiger partial charge in [-0.15, -0.1) is 0 Å². The summed E-state index contributed by atoms with van der Waals surface area (Å²) in [7, 11) is 0. The molecule has 0 N–H and O–H groups in total. The third-order valence-corrected chi connectivity index (χ3v) is 2.24. The van der Waals surface area contributed by atoms with Crippen molar-refractivity contribution >= 4 is 11.0 Å². The molecule has 0 radical (unpaired) electrons. The molecule has 0 atom stereocenters. The highest BCUT2D eigenvalue weighted by Crippen LogP contribution is 2.14. The van der Waals surface area contributed by atoms with Crippen LogP contribution in [0.2, 0.25) is 0 Å². The number of benzene rings is 1. The molecule has 3 nitrogen and oxygen atoms in total. The fourth-order valence-electron chi connectivity index (χ4n) is 1.60. The molecule has 0 spiro atoms. The van der Waals surface area contributed by atoms with E-state index in [2.05, 4.69) is 9.93 Å². The van der Waals surface area contributed by atoms with E-state index >= 15 is 0 Å². The van der Waals surface area contributed by atoms with E-state index in [1.807, 2.05) is 35.8 Å². The Kier molecular flexibility index (Phi) is 2.45. The zero-order valence-electron chi connectivity index (χ0n) is 7.90. The average Bonchev–Trinajstić information content (AvgIpc) is 2.51. The van der Waals surface area contributed by atoms with Gasteiger partial charge in [0.15, 0.2) is 0 Å². The summed E-state index contributed by atoms with van der Waals surface area (Å²) in [6.45, 7) is 2.45. The minimum absolute atomic E-state index is 0.0567. The van der Waals surface area contributed by atoms with Gasteiger partial charge in [-0.2, -0.15) is 4.94 Å². The number of para-hydroxylation sites is 2. The number of aromatic nitrogens is 2. The Balaban J connectivity index is 2.45. The molecule has 0 unspecified atom stereocenters. The molecule has 0 aliphatic rings. The van der Waals surface area contributed by atoms with Gasteiger partial charge in [-0.05, 0) is 23.6 Å². The normalized spacial score (nSPS) is 11.0. The molecule has 0 saturated carbocycles. The first-order valence-electron chi connectivity index (χ1n) is 4.48. The number of nitrogens with zero attached hydrogens (tertiary/aromatic N) is 2. The van der Waals surface area contributed by atoms with E-state index in [1.54, 1.807) is 0 Å². The van der Waals surface area contributed by atoms with Crippen LogP contribution in [0.1, 0.15) is 5.82 Å². The number of halogens is 1. The van der Waals surface area contributed by atoms with Crippen molar-refractivity contribution in [3.05, 3.63) is 30.1 Å². The van der Waals surface area contributed by atoms with Gasteiger partial charge in [0.25, 0.3) is 0 Å². The quantitative estimate of drug-likeness (QED) is 0.749. The molecule has 0 aliphatic heterocycles. The van der Waals surface area contributed by atoms with Crippen LogP contribution in [0.5, 0.6) is 0 Å². The summed E-state index contributed by atoms with van der Waals surface area (Å²) in [5, 5.41) is 0. The lowest BCUT2D eigenvalue weighted by Gasteiger charge is -2.03. The van der Waals surface area contributed by atoms with Gasteiger partial charge in [-0.25, -0.2) is 4.98 Å². The Morgan fingerprint density at radius 1 is 1.43 bits per heavy atom. The highest BCUT2D eigenvalue weighted by molar-refractivity contribution is 5.75. The van der Waals surface area contributed by atoms with Crippen molar-refractivity contribution in [1.82, 2.24) is 9.55 Å². The van der Waals surface area contributed by atoms with E-state index in [1.165, 1.54) is 0 Å². The number of rotatable bonds is 3. The van der Waals surface area contributed by atoms with Crippen LogP contribution in [0.3, 0.4) is 0 Å². The second-order valence-electron chi connectivity index (χ2n) is 3.11. The summed E-state index contributed by atoms with van der Waals surface area (Å²) in [6, 6.07) is 7.78. The van der Waals surface area contributed by atoms with Crippen LogP contribution in [-0.2, 0) is 11.5 Å². The Labute approximate surface area is 81.0 Å². The van der Waals surface area contributed by atoms with Crippen LogP contribution in [0.25, 0.3) is 11.0 Å². The second kappa shape index (κ2) is 3.75. The van der Waals surface area contributed by atoms with Gasteiger partial charge in [-0.3, -0.25) is 0 Å². The molecule has 2 aromatic rings. The highest BCUT2D eigenvalue weighted by atomic mass is 19.3. The van der Waals surface area contributed by atoms with Crippen LogP contribution in [0.4, 0.5) is 4.53 Å². The monoisotopic (exact) mass is 194 g/mol. The zero-order chi connectivity index (χ0) is 9.97. The average molecular weight is 194 g/mol. The lowest BCUT2D eigenvalue weighted by Crippen LogP contribution is -2.04. The predicted molar refractivity (Wildman–Crippen MR) is 51.5 cm³/mol. The summed E-state index contributed by atoms with van der Waals surface area (Å²) < 4.78 is 13.5. The summed E-state index contributed by atoms with van der Waals surface area (Å²) >= 11 is 0. The van der Waals surface area contributed by atoms with Gasteiger partial charge >= 0.3 is 0 Å². The minimum atomic E-state index is 0.0567. The predicted octanol–water partition coefficient (Wildman–Crippen LogP) is 2.25. The van der Waals surface area contributed by atoms with Gasteiger partial charge in [0.05, 0.1) is 17.6 Å². The molecular weight excluding hydrogens is 183 g/mol. The first-order chi connectivity index (χ1) is 6.83. The Hall–Kier alpha value is -1.42. The highest BCUT2D eigenvalue weighted by Gasteiger charge is 2.05. The van der Waals surface area contributed by atoms with E-state index in [4.69, 9.17) is 0 Å². The number of hydrogen-bond donors (Lipinski definition) is 0. The Bertz CT molecular complexity index is 439. The van der Waals surface area contributed by atoms with E-state index in [9.17, 15) is 4.53 Å². The van der Waals surface area contributed by atoms with Gasteiger partial charge in [0.2, 0.25) is 0 Å². The standard InChI is InChI=1S/C10H11FN2O/c1-8-12-9-4-2-3-5-10(9)13(8)6-7-14-11/h2-5H,6-7H2,1H3. The molecule has 0 aliphatic carbocycles. The van der Waals surface area contributed by atoms with Crippen molar-refractivity contribution in [2.75, 3.05) is 6.61 Å². The molecule has 1 aromatic heterocycles. The Morgan fingerprint density at radius 2 is 2.21 bits per heavy atom. The van der Waals surface area contributed by atoms with Crippen molar-refractivity contribution in [3.8, 4) is 0 Å².